The van der Waals surface area contributed by atoms with Crippen LogP contribution >= 0.6 is 27.3 Å². The summed E-state index contributed by atoms with van der Waals surface area (Å²) in [7, 11) is 0. The van der Waals surface area contributed by atoms with Crippen LogP contribution in [0.2, 0.25) is 0 Å². The van der Waals surface area contributed by atoms with Gasteiger partial charge in [0.1, 0.15) is 5.75 Å². The van der Waals surface area contributed by atoms with Crippen molar-refractivity contribution >= 4 is 45.2 Å². The van der Waals surface area contributed by atoms with Gasteiger partial charge in [-0.25, -0.2) is 0 Å². The number of carbonyl (C=O) groups excluding carboxylic acids is 2. The third-order valence-electron chi connectivity index (χ3n) is 8.16. The van der Waals surface area contributed by atoms with Gasteiger partial charge in [0, 0.05) is 20.8 Å². The summed E-state index contributed by atoms with van der Waals surface area (Å²) in [6, 6.07) is 9.41. The second kappa shape index (κ2) is 10.9. The standard InChI is InChI=1S/C30H34BrNO4S/c1-4-18(12-19-13-20(31)8-9-25(19)33)7-10-26-27-22(17(2)3)14-23-28(24(27)16-36-26)30(35)32(29(23)34)15-21-6-5-11-37-21/h5-6,8-9,11-13,17,23-24,26,28,33H,4,7,10,14-16H2,1-3H3/b18-12+/t23-,24+,26-,28-/m1/s1. The van der Waals surface area contributed by atoms with Gasteiger partial charge in [0.15, 0.2) is 0 Å². The molecule has 7 heteroatoms. The first kappa shape index (κ1) is 26.4. The summed E-state index contributed by atoms with van der Waals surface area (Å²) in [5.74, 6) is -0.0792. The monoisotopic (exact) mass is 583 g/mol. The second-order valence-corrected chi connectivity index (χ2v) is 12.6. The molecule has 1 aromatic carbocycles. The molecule has 3 heterocycles. The molecule has 5 rings (SSSR count). The Morgan fingerprint density at radius 1 is 1.24 bits per heavy atom. The molecule has 0 spiro atoms. The van der Waals surface area contributed by atoms with E-state index in [1.165, 1.54) is 21.6 Å². The van der Waals surface area contributed by atoms with E-state index in [1.807, 2.05) is 29.6 Å². The summed E-state index contributed by atoms with van der Waals surface area (Å²) in [5, 5.41) is 12.3. The van der Waals surface area contributed by atoms with Crippen LogP contribution in [0.3, 0.4) is 0 Å². The van der Waals surface area contributed by atoms with Crippen molar-refractivity contribution in [2.75, 3.05) is 6.61 Å². The van der Waals surface area contributed by atoms with Gasteiger partial charge in [-0.05, 0) is 66.8 Å². The highest BCUT2D eigenvalue weighted by atomic mass is 79.9. The Morgan fingerprint density at radius 2 is 2.05 bits per heavy atom. The van der Waals surface area contributed by atoms with Gasteiger partial charge in [-0.3, -0.25) is 14.5 Å². The first-order valence-corrected chi connectivity index (χ1v) is 14.9. The minimum absolute atomic E-state index is 0.0193. The van der Waals surface area contributed by atoms with Gasteiger partial charge >= 0.3 is 0 Å². The lowest BCUT2D eigenvalue weighted by atomic mass is 9.67. The number of nitrogens with zero attached hydrogens (tertiary/aromatic N) is 1. The molecule has 5 nitrogen and oxygen atoms in total. The van der Waals surface area contributed by atoms with Crippen molar-refractivity contribution in [3.8, 4) is 5.75 Å². The fourth-order valence-electron chi connectivity index (χ4n) is 6.27. The topological polar surface area (TPSA) is 66.8 Å². The van der Waals surface area contributed by atoms with Crippen molar-refractivity contribution in [3.63, 3.8) is 0 Å². The summed E-state index contributed by atoms with van der Waals surface area (Å²) in [6.07, 6.45) is 5.25. The average molecular weight is 585 g/mol. The van der Waals surface area contributed by atoms with Crippen LogP contribution < -0.4 is 0 Å². The van der Waals surface area contributed by atoms with E-state index < -0.39 is 0 Å². The van der Waals surface area contributed by atoms with Gasteiger partial charge in [0.2, 0.25) is 11.8 Å². The van der Waals surface area contributed by atoms with E-state index in [9.17, 15) is 14.7 Å². The number of rotatable bonds is 8. The van der Waals surface area contributed by atoms with Gasteiger partial charge in [0.25, 0.3) is 0 Å². The lowest BCUT2D eigenvalue weighted by molar-refractivity contribution is -0.140. The third kappa shape index (κ3) is 5.10. The molecule has 4 atom stereocenters. The molecule has 2 saturated heterocycles. The maximum absolute atomic E-state index is 13.6. The SMILES string of the molecule is CC/C(=C\c1cc(Br)ccc1O)CC[C@H]1OC[C@H]2C1=C(C(C)C)C[C@H]1C(=O)N(Cc3cccs3)C(=O)[C@H]12. The van der Waals surface area contributed by atoms with Crippen molar-refractivity contribution in [2.24, 2.45) is 23.7 Å². The largest absolute Gasteiger partial charge is 0.507 e. The summed E-state index contributed by atoms with van der Waals surface area (Å²) in [6.45, 7) is 7.38. The molecule has 37 heavy (non-hydrogen) atoms. The van der Waals surface area contributed by atoms with E-state index in [0.717, 1.165) is 34.2 Å². The molecule has 2 amide bonds. The van der Waals surface area contributed by atoms with Crippen LogP contribution in [0.4, 0.5) is 0 Å². The van der Waals surface area contributed by atoms with Crippen LogP contribution in [0.15, 0.2) is 56.9 Å². The number of ether oxygens (including phenoxy) is 1. The second-order valence-electron chi connectivity index (χ2n) is 10.6. The van der Waals surface area contributed by atoms with Gasteiger partial charge in [0.05, 0.1) is 31.1 Å². The number of benzene rings is 1. The maximum atomic E-state index is 13.6. The quantitative estimate of drug-likeness (QED) is 0.269. The van der Waals surface area contributed by atoms with E-state index in [4.69, 9.17) is 4.74 Å². The molecule has 2 aliphatic heterocycles. The predicted octanol–water partition coefficient (Wildman–Crippen LogP) is 6.96. The molecule has 2 fully saturated rings. The lowest BCUT2D eigenvalue weighted by Crippen LogP contribution is -2.35. The number of halogens is 1. The molecule has 0 saturated carbocycles. The van der Waals surface area contributed by atoms with Gasteiger partial charge in [-0.2, -0.15) is 0 Å². The number of hydrogen-bond acceptors (Lipinski definition) is 5. The van der Waals surface area contributed by atoms with Gasteiger partial charge in [-0.15, -0.1) is 11.3 Å². The van der Waals surface area contributed by atoms with Crippen LogP contribution in [0.5, 0.6) is 5.75 Å². The highest BCUT2D eigenvalue weighted by molar-refractivity contribution is 9.10. The van der Waals surface area contributed by atoms with E-state index in [-0.39, 0.29) is 41.4 Å². The number of phenolic OH excluding ortho intramolecular Hbond substituents is 1. The van der Waals surface area contributed by atoms with Crippen LogP contribution in [0.25, 0.3) is 6.08 Å². The summed E-state index contributed by atoms with van der Waals surface area (Å²) < 4.78 is 7.31. The first-order valence-electron chi connectivity index (χ1n) is 13.2. The van der Waals surface area contributed by atoms with Crippen LogP contribution in [0, 0.1) is 23.7 Å². The third-order valence-corrected chi connectivity index (χ3v) is 9.51. The molecule has 0 unspecified atom stereocenters. The number of phenols is 1. The number of likely N-dealkylation sites (tertiary alicyclic amines) is 1. The molecule has 3 aliphatic rings. The molecule has 196 valence electrons. The van der Waals surface area contributed by atoms with Crippen molar-refractivity contribution in [3.05, 3.63) is 67.3 Å². The number of amides is 2. The fourth-order valence-corrected chi connectivity index (χ4v) is 7.34. The number of thiophene rings is 1. The number of carbonyl (C=O) groups is 2. The number of allylic oxidation sites excluding steroid dienone is 2. The van der Waals surface area contributed by atoms with Crippen LogP contribution in [-0.4, -0.2) is 34.5 Å². The van der Waals surface area contributed by atoms with Crippen molar-refractivity contribution < 1.29 is 19.4 Å². The molecular weight excluding hydrogens is 550 g/mol. The van der Waals surface area contributed by atoms with Crippen LogP contribution in [0.1, 0.15) is 56.9 Å². The first-order chi connectivity index (χ1) is 17.8. The Hall–Kier alpha value is -2.22. The molecule has 0 radical (unpaired) electrons. The number of imide groups is 1. The van der Waals surface area contributed by atoms with E-state index in [1.54, 1.807) is 17.4 Å². The Morgan fingerprint density at radius 3 is 2.76 bits per heavy atom. The maximum Gasteiger partial charge on any atom is 0.234 e. The zero-order valence-corrected chi connectivity index (χ0v) is 24.0. The Labute approximate surface area is 231 Å². The zero-order valence-electron chi connectivity index (χ0n) is 21.6. The molecule has 0 bridgehead atoms. The molecule has 2 aromatic rings. The van der Waals surface area contributed by atoms with Gasteiger partial charge in [-0.1, -0.05) is 60.0 Å². The predicted molar refractivity (Wildman–Crippen MR) is 150 cm³/mol. The highest BCUT2D eigenvalue weighted by Crippen LogP contribution is 2.51. The van der Waals surface area contributed by atoms with E-state index >= 15 is 0 Å². The highest BCUT2D eigenvalue weighted by Gasteiger charge is 2.57. The number of hydrogen-bond donors (Lipinski definition) is 1. The lowest BCUT2D eigenvalue weighted by Gasteiger charge is -2.33. The smallest absolute Gasteiger partial charge is 0.234 e. The minimum Gasteiger partial charge on any atom is -0.507 e. The van der Waals surface area contributed by atoms with Gasteiger partial charge < -0.3 is 9.84 Å². The fraction of sp³-hybridized carbons (Fsp3) is 0.467. The van der Waals surface area contributed by atoms with Crippen molar-refractivity contribution in [2.45, 2.75) is 59.1 Å². The number of fused-ring (bicyclic) bond motifs is 3. The molecule has 1 aromatic heterocycles. The van der Waals surface area contributed by atoms with Crippen molar-refractivity contribution in [1.82, 2.24) is 4.90 Å². The van der Waals surface area contributed by atoms with Crippen LogP contribution in [-0.2, 0) is 20.9 Å². The Balaban J connectivity index is 1.37. The molecular formula is C30H34BrNO4S. The minimum atomic E-state index is -0.310. The van der Waals surface area contributed by atoms with E-state index in [0.29, 0.717) is 25.5 Å². The number of aromatic hydroxyl groups is 1. The Bertz CT molecular complexity index is 1250. The average Bonchev–Trinajstić information content (AvgIpc) is 3.59. The Kier molecular flexibility index (Phi) is 7.75. The summed E-state index contributed by atoms with van der Waals surface area (Å²) in [5.41, 5.74) is 4.63. The zero-order chi connectivity index (χ0) is 26.3. The van der Waals surface area contributed by atoms with E-state index in [2.05, 4.69) is 42.8 Å². The normalized spacial score (nSPS) is 25.9. The summed E-state index contributed by atoms with van der Waals surface area (Å²) in [4.78, 5) is 29.5. The molecule has 1 N–H and O–H groups in total. The molecule has 1 aliphatic carbocycles. The van der Waals surface area contributed by atoms with Crippen molar-refractivity contribution in [1.29, 1.82) is 0 Å². The summed E-state index contributed by atoms with van der Waals surface area (Å²) >= 11 is 5.07.